The Morgan fingerprint density at radius 1 is 1.50 bits per heavy atom. The minimum Gasteiger partial charge on any atom is -0.486 e. The number of hydrogen-bond acceptors (Lipinski definition) is 4. The largest absolute Gasteiger partial charge is 0.486 e. The normalized spacial score (nSPS) is 10.8. The predicted octanol–water partition coefficient (Wildman–Crippen LogP) is 2.69. The Morgan fingerprint density at radius 2 is 2.29 bits per heavy atom. The molecule has 0 radical (unpaired) electrons. The Labute approximate surface area is 91.5 Å². The molecule has 0 bridgehead atoms. The van der Waals surface area contributed by atoms with E-state index in [1.807, 2.05) is 18.2 Å². The summed E-state index contributed by atoms with van der Waals surface area (Å²) in [5.74, 6) is 0. The highest BCUT2D eigenvalue weighted by Crippen LogP contribution is 2.41. The molecule has 0 aliphatic heterocycles. The molecule has 0 aliphatic rings. The van der Waals surface area contributed by atoms with Crippen LogP contribution in [0.3, 0.4) is 0 Å². The maximum Gasteiger partial charge on any atom is 0.188 e. The highest BCUT2D eigenvalue weighted by molar-refractivity contribution is 7.81. The number of fused-ring (bicyclic) bond motifs is 1. The molecule has 2 rings (SSSR count). The zero-order valence-electron chi connectivity index (χ0n) is 7.65. The van der Waals surface area contributed by atoms with Crippen molar-refractivity contribution in [1.82, 2.24) is 0 Å². The molecule has 1 aromatic heterocycles. The van der Waals surface area contributed by atoms with Gasteiger partial charge in [0.05, 0.1) is 18.6 Å². The van der Waals surface area contributed by atoms with E-state index in [9.17, 15) is 0 Å². The number of methoxy groups -OCH3 is 1. The van der Waals surface area contributed by atoms with E-state index < -0.39 is 0 Å². The van der Waals surface area contributed by atoms with Crippen LogP contribution in [0.1, 0.15) is 5.56 Å². The van der Waals surface area contributed by atoms with Crippen LogP contribution in [-0.2, 0) is 6.61 Å². The molecule has 1 N–H and O–H groups in total. The standard InChI is InChI=1S/C10H10O2S2/c1-12-10-8(13)7-4-2-3-6(5-11)9(7)14-10/h2-4,11,13H,5H2,1H3. The van der Waals surface area contributed by atoms with Gasteiger partial charge in [0.15, 0.2) is 5.06 Å². The molecule has 0 saturated heterocycles. The van der Waals surface area contributed by atoms with E-state index in [1.54, 1.807) is 7.11 Å². The van der Waals surface area contributed by atoms with Gasteiger partial charge in [-0.1, -0.05) is 29.5 Å². The Balaban J connectivity index is 2.77. The molecule has 0 amide bonds. The van der Waals surface area contributed by atoms with E-state index in [1.165, 1.54) is 11.3 Å². The van der Waals surface area contributed by atoms with Gasteiger partial charge in [0.1, 0.15) is 0 Å². The number of rotatable bonds is 2. The molecule has 0 atom stereocenters. The molecule has 0 spiro atoms. The van der Waals surface area contributed by atoms with Gasteiger partial charge in [-0.15, -0.1) is 12.6 Å². The second-order valence-electron chi connectivity index (χ2n) is 2.89. The Bertz CT molecular complexity index is 462. The molecule has 74 valence electrons. The van der Waals surface area contributed by atoms with Crippen molar-refractivity contribution in [3.05, 3.63) is 23.8 Å². The topological polar surface area (TPSA) is 29.5 Å². The maximum absolute atomic E-state index is 9.15. The summed E-state index contributed by atoms with van der Waals surface area (Å²) in [6.45, 7) is 0.0498. The van der Waals surface area contributed by atoms with Crippen molar-refractivity contribution < 1.29 is 9.84 Å². The summed E-state index contributed by atoms with van der Waals surface area (Å²) in [7, 11) is 1.63. The van der Waals surface area contributed by atoms with Crippen LogP contribution in [0.2, 0.25) is 0 Å². The van der Waals surface area contributed by atoms with Crippen LogP contribution in [0, 0.1) is 0 Å². The molecule has 14 heavy (non-hydrogen) atoms. The molecule has 0 saturated carbocycles. The van der Waals surface area contributed by atoms with Gasteiger partial charge in [0, 0.05) is 10.1 Å². The highest BCUT2D eigenvalue weighted by Gasteiger charge is 2.11. The summed E-state index contributed by atoms with van der Waals surface area (Å²) in [5.41, 5.74) is 0.922. The number of aliphatic hydroxyl groups is 1. The summed E-state index contributed by atoms with van der Waals surface area (Å²) in [5, 5.41) is 11.0. The van der Waals surface area contributed by atoms with E-state index in [-0.39, 0.29) is 6.61 Å². The smallest absolute Gasteiger partial charge is 0.188 e. The Kier molecular flexibility index (Phi) is 2.67. The first-order valence-corrected chi connectivity index (χ1v) is 5.42. The van der Waals surface area contributed by atoms with E-state index in [0.717, 1.165) is 25.6 Å². The van der Waals surface area contributed by atoms with Crippen LogP contribution in [0.25, 0.3) is 10.1 Å². The fourth-order valence-electron chi connectivity index (χ4n) is 1.41. The fraction of sp³-hybridized carbons (Fsp3) is 0.200. The number of ether oxygens (including phenoxy) is 1. The van der Waals surface area contributed by atoms with Gasteiger partial charge in [0.25, 0.3) is 0 Å². The second-order valence-corrected chi connectivity index (χ2v) is 4.32. The van der Waals surface area contributed by atoms with Gasteiger partial charge in [-0.2, -0.15) is 0 Å². The van der Waals surface area contributed by atoms with Crippen molar-refractivity contribution >= 4 is 34.1 Å². The van der Waals surface area contributed by atoms with Crippen molar-refractivity contribution in [3.63, 3.8) is 0 Å². The van der Waals surface area contributed by atoms with Crippen LogP contribution in [-0.4, -0.2) is 12.2 Å². The number of thiophene rings is 1. The first-order chi connectivity index (χ1) is 6.77. The van der Waals surface area contributed by atoms with Crippen LogP contribution < -0.4 is 4.74 Å². The number of thiol groups is 1. The van der Waals surface area contributed by atoms with Gasteiger partial charge >= 0.3 is 0 Å². The summed E-state index contributed by atoms with van der Waals surface area (Å²) in [6.07, 6.45) is 0. The molecule has 1 aromatic carbocycles. The van der Waals surface area contributed by atoms with Crippen molar-refractivity contribution in [2.24, 2.45) is 0 Å². The lowest BCUT2D eigenvalue weighted by Crippen LogP contribution is -1.81. The Hall–Kier alpha value is -0.710. The number of aliphatic hydroxyl groups excluding tert-OH is 1. The monoisotopic (exact) mass is 226 g/mol. The van der Waals surface area contributed by atoms with Gasteiger partial charge in [-0.3, -0.25) is 0 Å². The number of benzene rings is 1. The minimum absolute atomic E-state index is 0.0498. The predicted molar refractivity (Wildman–Crippen MR) is 61.6 cm³/mol. The molecule has 0 aliphatic carbocycles. The third kappa shape index (κ3) is 1.39. The first-order valence-electron chi connectivity index (χ1n) is 4.16. The van der Waals surface area contributed by atoms with E-state index in [2.05, 4.69) is 12.6 Å². The van der Waals surface area contributed by atoms with Crippen molar-refractivity contribution in [2.45, 2.75) is 11.5 Å². The average Bonchev–Trinajstić information content (AvgIpc) is 2.55. The summed E-state index contributed by atoms with van der Waals surface area (Å²) in [4.78, 5) is 0.850. The molecule has 0 unspecified atom stereocenters. The summed E-state index contributed by atoms with van der Waals surface area (Å²) < 4.78 is 6.24. The SMILES string of the molecule is COc1sc2c(CO)cccc2c1S. The second kappa shape index (κ2) is 3.81. The summed E-state index contributed by atoms with van der Waals surface area (Å²) in [6, 6.07) is 5.81. The third-order valence-corrected chi connectivity index (χ3v) is 3.93. The van der Waals surface area contributed by atoms with Crippen LogP contribution in [0.4, 0.5) is 0 Å². The molecular formula is C10H10O2S2. The van der Waals surface area contributed by atoms with E-state index in [0.29, 0.717) is 0 Å². The van der Waals surface area contributed by atoms with Gasteiger partial charge in [-0.05, 0) is 5.56 Å². The maximum atomic E-state index is 9.15. The summed E-state index contributed by atoms with van der Waals surface area (Å²) >= 11 is 5.90. The van der Waals surface area contributed by atoms with Gasteiger partial charge in [-0.25, -0.2) is 0 Å². The molecule has 2 nitrogen and oxygen atoms in total. The molecule has 0 fully saturated rings. The fourth-order valence-corrected chi connectivity index (χ4v) is 2.91. The zero-order valence-corrected chi connectivity index (χ0v) is 9.36. The average molecular weight is 226 g/mol. The third-order valence-electron chi connectivity index (χ3n) is 2.10. The van der Waals surface area contributed by atoms with Crippen molar-refractivity contribution in [3.8, 4) is 5.06 Å². The van der Waals surface area contributed by atoms with Gasteiger partial charge in [0.2, 0.25) is 0 Å². The molecule has 4 heteroatoms. The van der Waals surface area contributed by atoms with Crippen LogP contribution >= 0.6 is 24.0 Å². The first kappa shape index (κ1) is 9.83. The molecule has 2 aromatic rings. The lowest BCUT2D eigenvalue weighted by Gasteiger charge is -1.96. The lowest BCUT2D eigenvalue weighted by molar-refractivity contribution is 0.283. The zero-order chi connectivity index (χ0) is 10.1. The van der Waals surface area contributed by atoms with Crippen LogP contribution in [0.15, 0.2) is 23.1 Å². The lowest BCUT2D eigenvalue weighted by atomic mass is 10.2. The van der Waals surface area contributed by atoms with Crippen LogP contribution in [0.5, 0.6) is 5.06 Å². The van der Waals surface area contributed by atoms with E-state index in [4.69, 9.17) is 9.84 Å². The Morgan fingerprint density at radius 3 is 2.93 bits per heavy atom. The minimum atomic E-state index is 0.0498. The van der Waals surface area contributed by atoms with Crippen molar-refractivity contribution in [1.29, 1.82) is 0 Å². The van der Waals surface area contributed by atoms with Crippen molar-refractivity contribution in [2.75, 3.05) is 7.11 Å². The highest BCUT2D eigenvalue weighted by atomic mass is 32.1. The quantitative estimate of drug-likeness (QED) is 0.771. The number of hydrogen-bond donors (Lipinski definition) is 2. The van der Waals surface area contributed by atoms with Gasteiger partial charge < -0.3 is 9.84 Å². The van der Waals surface area contributed by atoms with E-state index >= 15 is 0 Å². The molecular weight excluding hydrogens is 216 g/mol. The molecule has 1 heterocycles.